The van der Waals surface area contributed by atoms with Crippen molar-refractivity contribution in [3.8, 4) is 0 Å². The van der Waals surface area contributed by atoms with Crippen LogP contribution in [0.15, 0.2) is 24.8 Å². The van der Waals surface area contributed by atoms with Gasteiger partial charge in [0.1, 0.15) is 0 Å². The molecule has 0 unspecified atom stereocenters. The molecule has 0 N–H and O–H groups in total. The summed E-state index contributed by atoms with van der Waals surface area (Å²) in [5.41, 5.74) is 3.69. The van der Waals surface area contributed by atoms with Gasteiger partial charge in [-0.05, 0) is 0 Å². The molecule has 1 aromatic rings. The minimum absolute atomic E-state index is 0.117. The molecule has 0 aliphatic heterocycles. The van der Waals surface area contributed by atoms with Crippen molar-refractivity contribution in [2.24, 2.45) is 5.41 Å². The first kappa shape index (κ1) is 13.0. The van der Waals surface area contributed by atoms with E-state index >= 15 is 0 Å². The summed E-state index contributed by atoms with van der Waals surface area (Å²) in [6.45, 7) is 20.5. The summed E-state index contributed by atoms with van der Waals surface area (Å²) in [5, 5.41) is 0. The fourth-order valence-electron chi connectivity index (χ4n) is 1.68. The van der Waals surface area contributed by atoms with E-state index in [2.05, 4.69) is 65.1 Å². The van der Waals surface area contributed by atoms with Crippen LogP contribution < -0.4 is 0 Å². The first-order valence-corrected chi connectivity index (χ1v) is 5.55. The van der Waals surface area contributed by atoms with Crippen molar-refractivity contribution in [2.45, 2.75) is 27.7 Å². The Labute approximate surface area is 100.0 Å². The number of aromatic nitrogens is 1. The predicted molar refractivity (Wildman–Crippen MR) is 75.9 cm³/mol. The van der Waals surface area contributed by atoms with E-state index in [1.54, 1.807) is 0 Å². The summed E-state index contributed by atoms with van der Waals surface area (Å²) in [6, 6.07) is 0. The Morgan fingerprint density at radius 1 is 1.25 bits per heavy atom. The van der Waals surface area contributed by atoms with Crippen molar-refractivity contribution in [2.75, 3.05) is 0 Å². The molecular formula is C13H19B2N. The Kier molecular flexibility index (Phi) is 3.90. The summed E-state index contributed by atoms with van der Waals surface area (Å²) < 4.78 is 2.08. The fraction of sp³-hybridized carbons (Fsp3) is 0.385. The van der Waals surface area contributed by atoms with Crippen LogP contribution in [0.4, 0.5) is 0 Å². The van der Waals surface area contributed by atoms with Gasteiger partial charge in [-0.15, -0.1) is 0 Å². The minimum atomic E-state index is 0.117. The summed E-state index contributed by atoms with van der Waals surface area (Å²) in [5.74, 6) is 0. The monoisotopic (exact) mass is 211 g/mol. The van der Waals surface area contributed by atoms with Crippen molar-refractivity contribution in [3.63, 3.8) is 0 Å². The SMILES string of the molecule is C=C/C(=C\c1bbc(C)n1C=C)C(C)(C)C. The van der Waals surface area contributed by atoms with Crippen molar-refractivity contribution in [1.29, 1.82) is 0 Å². The maximum atomic E-state index is 3.88. The third kappa shape index (κ3) is 2.72. The van der Waals surface area contributed by atoms with Crippen molar-refractivity contribution in [3.05, 3.63) is 36.0 Å². The van der Waals surface area contributed by atoms with E-state index in [4.69, 9.17) is 0 Å². The number of aryl methyl sites for hydroxylation is 1. The fourth-order valence-corrected chi connectivity index (χ4v) is 1.68. The van der Waals surface area contributed by atoms with Gasteiger partial charge in [-0.3, -0.25) is 0 Å². The molecule has 1 nitrogen and oxygen atoms in total. The first-order valence-electron chi connectivity index (χ1n) is 5.55. The Morgan fingerprint density at radius 3 is 2.31 bits per heavy atom. The third-order valence-electron chi connectivity index (χ3n) is 2.73. The summed E-state index contributed by atoms with van der Waals surface area (Å²) in [6.07, 6.45) is 5.93. The normalized spacial score (nSPS) is 12.1. The van der Waals surface area contributed by atoms with Crippen molar-refractivity contribution in [1.82, 2.24) is 4.57 Å². The molecule has 3 heteroatoms. The first-order chi connectivity index (χ1) is 7.40. The van der Waals surface area contributed by atoms with E-state index in [-0.39, 0.29) is 5.41 Å². The third-order valence-corrected chi connectivity index (χ3v) is 2.73. The number of rotatable bonds is 3. The van der Waals surface area contributed by atoms with E-state index in [1.807, 2.05) is 12.3 Å². The molecule has 0 aliphatic rings. The maximum absolute atomic E-state index is 3.88. The van der Waals surface area contributed by atoms with E-state index in [0.717, 1.165) is 5.59 Å². The Bertz CT molecular complexity index is 433. The van der Waals surface area contributed by atoms with Gasteiger partial charge in [0.25, 0.3) is 0 Å². The van der Waals surface area contributed by atoms with E-state index in [1.165, 1.54) is 11.2 Å². The molecule has 0 bridgehead atoms. The zero-order valence-corrected chi connectivity index (χ0v) is 10.7. The average molecular weight is 211 g/mol. The molecule has 0 amide bonds. The van der Waals surface area contributed by atoms with Crippen LogP contribution in [-0.4, -0.2) is 18.2 Å². The van der Waals surface area contributed by atoms with Crippen LogP contribution in [0.25, 0.3) is 12.3 Å². The van der Waals surface area contributed by atoms with Gasteiger partial charge in [0, 0.05) is 0 Å². The van der Waals surface area contributed by atoms with Gasteiger partial charge in [0.05, 0.1) is 0 Å². The van der Waals surface area contributed by atoms with Gasteiger partial charge in [0.2, 0.25) is 0 Å². The van der Waals surface area contributed by atoms with Gasteiger partial charge < -0.3 is 0 Å². The molecule has 0 aliphatic carbocycles. The molecule has 0 fully saturated rings. The van der Waals surface area contributed by atoms with Crippen LogP contribution in [0.5, 0.6) is 0 Å². The summed E-state index contributed by atoms with van der Waals surface area (Å²) >= 11 is 0. The molecule has 0 radical (unpaired) electrons. The molecule has 0 spiro atoms. The van der Waals surface area contributed by atoms with Gasteiger partial charge in [-0.25, -0.2) is 0 Å². The van der Waals surface area contributed by atoms with Crippen LogP contribution in [0.1, 0.15) is 31.9 Å². The topological polar surface area (TPSA) is 4.93 Å². The second-order valence-electron chi connectivity index (χ2n) is 5.01. The van der Waals surface area contributed by atoms with Crippen molar-refractivity contribution >= 4 is 25.9 Å². The van der Waals surface area contributed by atoms with Crippen LogP contribution in [0.3, 0.4) is 0 Å². The molecule has 16 heavy (non-hydrogen) atoms. The van der Waals surface area contributed by atoms with E-state index < -0.39 is 0 Å². The van der Waals surface area contributed by atoms with Crippen LogP contribution in [0.2, 0.25) is 0 Å². The second kappa shape index (κ2) is 4.82. The molecule has 0 atom stereocenters. The average Bonchev–Trinajstić information content (AvgIpc) is 2.53. The Balaban J connectivity index is 3.24. The van der Waals surface area contributed by atoms with E-state index in [0.29, 0.717) is 0 Å². The second-order valence-corrected chi connectivity index (χ2v) is 5.01. The molecule has 0 saturated carbocycles. The van der Waals surface area contributed by atoms with Crippen LogP contribution in [-0.2, 0) is 0 Å². The predicted octanol–water partition coefficient (Wildman–Crippen LogP) is 3.19. The number of hydrogen-bond acceptors (Lipinski definition) is 0. The number of hydrogen-bond donors (Lipinski definition) is 0. The zero-order chi connectivity index (χ0) is 12.3. The van der Waals surface area contributed by atoms with Crippen molar-refractivity contribution < 1.29 is 0 Å². The zero-order valence-electron chi connectivity index (χ0n) is 10.7. The Hall–Kier alpha value is -1.11. The molecule has 1 aromatic heterocycles. The van der Waals surface area contributed by atoms with Crippen LogP contribution in [0, 0.1) is 12.3 Å². The molecule has 0 aromatic carbocycles. The number of nitrogens with zero attached hydrogens (tertiary/aromatic N) is 1. The van der Waals surface area contributed by atoms with Gasteiger partial charge in [0.15, 0.2) is 0 Å². The van der Waals surface area contributed by atoms with Gasteiger partial charge in [-0.1, -0.05) is 0 Å². The number of allylic oxidation sites excluding steroid dienone is 2. The van der Waals surface area contributed by atoms with E-state index in [9.17, 15) is 0 Å². The Morgan fingerprint density at radius 2 is 1.88 bits per heavy atom. The molecule has 1 heterocycles. The molecule has 0 saturated heterocycles. The summed E-state index contributed by atoms with van der Waals surface area (Å²) in [7, 11) is 0. The quantitative estimate of drug-likeness (QED) is 0.676. The molecule has 1 rings (SSSR count). The summed E-state index contributed by atoms with van der Waals surface area (Å²) in [4.78, 5) is 0. The van der Waals surface area contributed by atoms with Gasteiger partial charge in [-0.2, -0.15) is 0 Å². The molecule has 82 valence electrons. The standard InChI is InChI=1S/C13H19B2N/c1-7-11(13(4,5)6)9-12-15-14-10(3)16(12)8-2/h7-9H,1-2H2,3-6H3/b11-9+. The molecular weight excluding hydrogens is 192 g/mol. The van der Waals surface area contributed by atoms with Gasteiger partial charge >= 0.3 is 99.5 Å². The van der Waals surface area contributed by atoms with Crippen LogP contribution >= 0.6 is 0 Å².